The van der Waals surface area contributed by atoms with Gasteiger partial charge in [0.15, 0.2) is 0 Å². The summed E-state index contributed by atoms with van der Waals surface area (Å²) in [5.74, 6) is 3.56. The maximum absolute atomic E-state index is 2.49. The Morgan fingerprint density at radius 2 is 1.26 bits per heavy atom. The third kappa shape index (κ3) is 8.09. The molecule has 0 spiro atoms. The van der Waals surface area contributed by atoms with Gasteiger partial charge in [0.1, 0.15) is 0 Å². The Kier molecular flexibility index (Phi) is 10.5. The van der Waals surface area contributed by atoms with Gasteiger partial charge in [0.2, 0.25) is 0 Å². The zero-order valence-corrected chi connectivity index (χ0v) is 22.7. The predicted molar refractivity (Wildman–Crippen MR) is 154 cm³/mol. The lowest BCUT2D eigenvalue weighted by atomic mass is 9.78. The number of rotatable bonds is 11. The number of hydrogen-bond donors (Lipinski definition) is 0. The van der Waals surface area contributed by atoms with E-state index in [-0.39, 0.29) is 0 Å². The molecule has 0 saturated heterocycles. The summed E-state index contributed by atoms with van der Waals surface area (Å²) in [5.41, 5.74) is 5.79. The third-order valence-corrected chi connectivity index (χ3v) is 9.08. The van der Waals surface area contributed by atoms with Crippen molar-refractivity contribution in [1.29, 1.82) is 0 Å². The number of hydrogen-bond acceptors (Lipinski definition) is 0. The van der Waals surface area contributed by atoms with E-state index >= 15 is 0 Å². The Balaban J connectivity index is 1.22. The summed E-state index contributed by atoms with van der Waals surface area (Å²) in [7, 11) is 0. The quantitative estimate of drug-likeness (QED) is 0.286. The monoisotopic (exact) mass is 470 g/mol. The van der Waals surface area contributed by atoms with Gasteiger partial charge in [-0.15, -0.1) is 0 Å². The summed E-state index contributed by atoms with van der Waals surface area (Å²) in [6.07, 6.45) is 25.6. The van der Waals surface area contributed by atoms with Gasteiger partial charge in [-0.05, 0) is 90.9 Å². The zero-order chi connectivity index (χ0) is 24.3. The number of benzene rings is 2. The third-order valence-electron chi connectivity index (χ3n) is 9.08. The van der Waals surface area contributed by atoms with Crippen LogP contribution in [0.2, 0.25) is 0 Å². The van der Waals surface area contributed by atoms with Gasteiger partial charge < -0.3 is 0 Å². The average Bonchev–Trinajstić information content (AvgIpc) is 2.92. The van der Waals surface area contributed by atoms with E-state index in [0.717, 1.165) is 23.7 Å². The van der Waals surface area contributed by atoms with Crippen LogP contribution in [0.3, 0.4) is 0 Å². The van der Waals surface area contributed by atoms with E-state index in [2.05, 4.69) is 74.5 Å². The van der Waals surface area contributed by atoms with Crippen LogP contribution in [-0.4, -0.2) is 0 Å². The second-order valence-electron chi connectivity index (χ2n) is 11.7. The van der Waals surface area contributed by atoms with E-state index in [1.54, 1.807) is 5.56 Å². The molecule has 0 heterocycles. The van der Waals surface area contributed by atoms with Crippen molar-refractivity contribution in [2.24, 2.45) is 17.8 Å². The summed E-state index contributed by atoms with van der Waals surface area (Å²) in [4.78, 5) is 0. The predicted octanol–water partition coefficient (Wildman–Crippen LogP) is 10.9. The largest absolute Gasteiger partial charge is 0.0883 e. The first-order valence-corrected chi connectivity index (χ1v) is 15.1. The molecule has 0 nitrogen and oxygen atoms in total. The van der Waals surface area contributed by atoms with Gasteiger partial charge in [-0.1, -0.05) is 126 Å². The molecule has 0 unspecified atom stereocenters. The molecule has 0 atom stereocenters. The van der Waals surface area contributed by atoms with E-state index in [4.69, 9.17) is 0 Å². The molecule has 2 aromatic rings. The molecule has 0 amide bonds. The van der Waals surface area contributed by atoms with Crippen LogP contribution in [-0.2, 0) is 6.42 Å². The van der Waals surface area contributed by atoms with Crippen molar-refractivity contribution in [2.75, 3.05) is 0 Å². The highest BCUT2D eigenvalue weighted by Crippen LogP contribution is 2.37. The molecular weight excluding hydrogens is 420 g/mol. The fourth-order valence-electron chi connectivity index (χ4n) is 6.58. The van der Waals surface area contributed by atoms with Crippen LogP contribution in [0.4, 0.5) is 0 Å². The molecule has 2 fully saturated rings. The molecule has 0 aliphatic heterocycles. The summed E-state index contributed by atoms with van der Waals surface area (Å²) in [6.45, 7) is 4.59. The lowest BCUT2D eigenvalue weighted by Gasteiger charge is -2.28. The first-order valence-electron chi connectivity index (χ1n) is 15.1. The highest BCUT2D eigenvalue weighted by molar-refractivity contribution is 5.64. The summed E-state index contributed by atoms with van der Waals surface area (Å²) >= 11 is 0. The van der Waals surface area contributed by atoms with Crippen molar-refractivity contribution in [2.45, 2.75) is 116 Å². The lowest BCUT2D eigenvalue weighted by molar-refractivity contribution is 0.250. The second kappa shape index (κ2) is 14.1. The van der Waals surface area contributed by atoms with Crippen molar-refractivity contribution >= 4 is 0 Å². The molecule has 2 aliphatic carbocycles. The van der Waals surface area contributed by atoms with Gasteiger partial charge in [-0.3, -0.25) is 0 Å². The number of aryl methyl sites for hydroxylation is 1. The van der Waals surface area contributed by atoms with Gasteiger partial charge in [0.25, 0.3) is 0 Å². The highest BCUT2D eigenvalue weighted by atomic mass is 14.3. The Hall–Kier alpha value is -1.82. The van der Waals surface area contributed by atoms with Crippen molar-refractivity contribution in [3.63, 3.8) is 0 Å². The minimum atomic E-state index is 0.754. The van der Waals surface area contributed by atoms with Crippen LogP contribution in [0, 0.1) is 17.8 Å². The minimum absolute atomic E-state index is 0.754. The van der Waals surface area contributed by atoms with Crippen LogP contribution in [0.15, 0.2) is 60.7 Å². The van der Waals surface area contributed by atoms with Crippen LogP contribution in [0.5, 0.6) is 0 Å². The van der Waals surface area contributed by atoms with E-state index in [1.807, 2.05) is 0 Å². The summed E-state index contributed by atoms with van der Waals surface area (Å²) < 4.78 is 0. The van der Waals surface area contributed by atoms with E-state index in [1.165, 1.54) is 113 Å². The van der Waals surface area contributed by atoms with E-state index < -0.39 is 0 Å². The Morgan fingerprint density at radius 3 is 1.86 bits per heavy atom. The molecule has 190 valence electrons. The zero-order valence-electron chi connectivity index (χ0n) is 22.7. The first kappa shape index (κ1) is 26.2. The molecule has 0 heteroatoms. The summed E-state index contributed by atoms with van der Waals surface area (Å²) in [5, 5.41) is 0. The van der Waals surface area contributed by atoms with Crippen molar-refractivity contribution < 1.29 is 0 Å². The normalized spacial score (nSPS) is 25.2. The van der Waals surface area contributed by atoms with Crippen LogP contribution < -0.4 is 0 Å². The topological polar surface area (TPSA) is 0 Å². The van der Waals surface area contributed by atoms with E-state index in [0.29, 0.717) is 0 Å². The lowest BCUT2D eigenvalue weighted by Crippen LogP contribution is -2.15. The fourth-order valence-corrected chi connectivity index (χ4v) is 6.58. The van der Waals surface area contributed by atoms with Crippen LogP contribution >= 0.6 is 0 Å². The van der Waals surface area contributed by atoms with Crippen molar-refractivity contribution in [1.82, 2.24) is 0 Å². The molecule has 2 aliphatic rings. The molecular formula is C35H50. The maximum atomic E-state index is 2.49. The Morgan fingerprint density at radius 1 is 0.657 bits per heavy atom. The first-order chi connectivity index (χ1) is 17.2. The molecule has 35 heavy (non-hydrogen) atoms. The molecule has 2 saturated carbocycles. The van der Waals surface area contributed by atoms with Crippen LogP contribution in [0.25, 0.3) is 11.1 Å². The minimum Gasteiger partial charge on any atom is -0.0883 e. The van der Waals surface area contributed by atoms with Crippen LogP contribution in [0.1, 0.15) is 121 Å². The average molecular weight is 471 g/mol. The molecule has 0 aromatic heterocycles. The second-order valence-corrected chi connectivity index (χ2v) is 11.7. The molecule has 2 aromatic carbocycles. The SMILES string of the molecule is CCC/C=C/[C@H]1CC[C@H](c2ccc(-c3ccc(CC[C@H]4CC[C@H](CCCC)CC4)cc3)cc2)CC1. The van der Waals surface area contributed by atoms with Gasteiger partial charge in [0, 0.05) is 0 Å². The summed E-state index contributed by atoms with van der Waals surface area (Å²) in [6, 6.07) is 19.0. The maximum Gasteiger partial charge on any atom is -0.0162 e. The van der Waals surface area contributed by atoms with Gasteiger partial charge >= 0.3 is 0 Å². The van der Waals surface area contributed by atoms with Crippen molar-refractivity contribution in [3.05, 3.63) is 71.8 Å². The molecule has 0 bridgehead atoms. The fraction of sp³-hybridized carbons (Fsp3) is 0.600. The van der Waals surface area contributed by atoms with Gasteiger partial charge in [-0.2, -0.15) is 0 Å². The standard InChI is InChI=1S/C35H50/c1-3-5-7-9-29-16-20-32(21-17-29)34-24-26-35(27-25-34)33-22-18-31(19-23-33)15-14-30-12-10-28(11-13-30)8-6-4-2/h7,9,18-19,22-30,32H,3-6,8,10-17,20-21H2,1-2H3/b9-7+/t28-,29-,30-,32-. The Bertz CT molecular complexity index is 855. The van der Waals surface area contributed by atoms with Gasteiger partial charge in [0.05, 0.1) is 0 Å². The molecule has 0 N–H and O–H groups in total. The smallest absolute Gasteiger partial charge is 0.0162 e. The van der Waals surface area contributed by atoms with Crippen molar-refractivity contribution in [3.8, 4) is 11.1 Å². The highest BCUT2D eigenvalue weighted by Gasteiger charge is 2.21. The Labute approximate surface area is 216 Å². The number of allylic oxidation sites excluding steroid dienone is 2. The molecule has 0 radical (unpaired) electrons. The van der Waals surface area contributed by atoms with E-state index in [9.17, 15) is 0 Å². The molecule has 4 rings (SSSR count). The number of unbranched alkanes of at least 4 members (excludes halogenated alkanes) is 2. The van der Waals surface area contributed by atoms with Gasteiger partial charge in [-0.25, -0.2) is 0 Å².